The molecule has 2 heteroatoms. The van der Waals surface area contributed by atoms with Gasteiger partial charge in [-0.25, -0.2) is 0 Å². The Hall–Kier alpha value is -0.970. The topological polar surface area (TPSA) is 33.0 Å². The number of rotatable bonds is 6. The zero-order valence-electron chi connectivity index (χ0n) is 8.84. The minimum Gasteiger partial charge on any atom is -0.428 e. The maximum Gasteiger partial charge on any atom is 0.286 e. The van der Waals surface area contributed by atoms with Gasteiger partial charge in [0.1, 0.15) is 6.61 Å². The van der Waals surface area contributed by atoms with Crippen molar-refractivity contribution in [3.63, 3.8) is 0 Å². The van der Waals surface area contributed by atoms with Crippen LogP contribution < -0.4 is 0 Å². The summed E-state index contributed by atoms with van der Waals surface area (Å²) in [5.74, 6) is 0.643. The molecular formula is C11H19NO. The fraction of sp³-hybridized carbons (Fsp3) is 0.727. The molecule has 0 saturated carbocycles. The van der Waals surface area contributed by atoms with E-state index in [4.69, 9.17) is 5.26 Å². The molecule has 0 bridgehead atoms. The summed E-state index contributed by atoms with van der Waals surface area (Å²) in [5.41, 5.74) is 1.38. The predicted molar refractivity (Wildman–Crippen MR) is 54.0 cm³/mol. The standard InChI is InChI=1S/C11H19NO/c1-10(2)5-4-6-11(3)7-8-13-9-12/h5,11H,4,6-8H2,1-3H3. The number of hydrogen-bond acceptors (Lipinski definition) is 2. The van der Waals surface area contributed by atoms with Gasteiger partial charge < -0.3 is 4.74 Å². The van der Waals surface area contributed by atoms with Crippen molar-refractivity contribution in [1.82, 2.24) is 0 Å². The van der Waals surface area contributed by atoms with Crippen LogP contribution in [-0.4, -0.2) is 6.61 Å². The van der Waals surface area contributed by atoms with Gasteiger partial charge in [-0.3, -0.25) is 0 Å². The first kappa shape index (κ1) is 12.0. The van der Waals surface area contributed by atoms with Gasteiger partial charge in [-0.2, -0.15) is 5.26 Å². The van der Waals surface area contributed by atoms with Crippen molar-refractivity contribution in [3.8, 4) is 6.26 Å². The lowest BCUT2D eigenvalue weighted by atomic mass is 10.0. The quantitative estimate of drug-likeness (QED) is 0.358. The van der Waals surface area contributed by atoms with Crippen LogP contribution in [0.25, 0.3) is 0 Å². The molecule has 0 saturated heterocycles. The summed E-state index contributed by atoms with van der Waals surface area (Å²) in [7, 11) is 0. The van der Waals surface area contributed by atoms with E-state index in [1.54, 1.807) is 6.26 Å². The predicted octanol–water partition coefficient (Wildman–Crippen LogP) is 3.26. The number of allylic oxidation sites excluding steroid dienone is 2. The van der Waals surface area contributed by atoms with Crippen LogP contribution in [0.5, 0.6) is 0 Å². The molecular weight excluding hydrogens is 162 g/mol. The lowest BCUT2D eigenvalue weighted by molar-refractivity contribution is 0.240. The Balaban J connectivity index is 3.36. The normalized spacial score (nSPS) is 11.5. The van der Waals surface area contributed by atoms with Gasteiger partial charge >= 0.3 is 0 Å². The smallest absolute Gasteiger partial charge is 0.286 e. The Morgan fingerprint density at radius 2 is 2.15 bits per heavy atom. The first-order chi connectivity index (χ1) is 6.16. The highest BCUT2D eigenvalue weighted by Gasteiger charge is 2.00. The summed E-state index contributed by atoms with van der Waals surface area (Å²) in [6.45, 7) is 6.99. The summed E-state index contributed by atoms with van der Waals surface area (Å²) < 4.78 is 4.62. The monoisotopic (exact) mass is 181 g/mol. The van der Waals surface area contributed by atoms with E-state index in [0.717, 1.165) is 12.8 Å². The first-order valence-electron chi connectivity index (χ1n) is 4.81. The summed E-state index contributed by atoms with van der Waals surface area (Å²) in [6.07, 6.45) is 7.23. The Labute approximate surface area is 81.2 Å². The molecule has 0 spiro atoms. The van der Waals surface area contributed by atoms with E-state index >= 15 is 0 Å². The minimum atomic E-state index is 0.562. The fourth-order valence-electron chi connectivity index (χ4n) is 1.11. The second-order valence-electron chi connectivity index (χ2n) is 3.69. The highest BCUT2D eigenvalue weighted by atomic mass is 16.5. The Bertz CT molecular complexity index is 187. The molecule has 0 aliphatic carbocycles. The highest BCUT2D eigenvalue weighted by molar-refractivity contribution is 4.92. The molecule has 13 heavy (non-hydrogen) atoms. The number of hydrogen-bond donors (Lipinski definition) is 0. The van der Waals surface area contributed by atoms with Crippen LogP contribution in [0.15, 0.2) is 11.6 Å². The second kappa shape index (κ2) is 7.67. The van der Waals surface area contributed by atoms with Crippen LogP contribution in [0.2, 0.25) is 0 Å². The van der Waals surface area contributed by atoms with Crippen molar-refractivity contribution >= 4 is 0 Å². The molecule has 0 aromatic heterocycles. The average Bonchev–Trinajstić information content (AvgIpc) is 2.04. The van der Waals surface area contributed by atoms with Crippen molar-refractivity contribution in [2.24, 2.45) is 5.92 Å². The molecule has 0 aromatic carbocycles. The third-order valence-electron chi connectivity index (χ3n) is 1.99. The van der Waals surface area contributed by atoms with Gasteiger partial charge in [-0.05, 0) is 39.0 Å². The number of nitriles is 1. The maximum absolute atomic E-state index is 8.15. The minimum absolute atomic E-state index is 0.562. The summed E-state index contributed by atoms with van der Waals surface area (Å²) in [4.78, 5) is 0. The summed E-state index contributed by atoms with van der Waals surface area (Å²) in [5, 5.41) is 8.15. The Kier molecular flexibility index (Phi) is 7.10. The van der Waals surface area contributed by atoms with Crippen molar-refractivity contribution in [3.05, 3.63) is 11.6 Å². The van der Waals surface area contributed by atoms with Crippen LogP contribution in [0.1, 0.15) is 40.0 Å². The van der Waals surface area contributed by atoms with Crippen LogP contribution in [0, 0.1) is 17.4 Å². The molecule has 0 aliphatic rings. The van der Waals surface area contributed by atoms with Gasteiger partial charge in [-0.15, -0.1) is 0 Å². The average molecular weight is 181 g/mol. The summed E-state index contributed by atoms with van der Waals surface area (Å²) >= 11 is 0. The molecule has 0 aliphatic heterocycles. The van der Waals surface area contributed by atoms with Gasteiger partial charge in [0.05, 0.1) is 0 Å². The van der Waals surface area contributed by atoms with Gasteiger partial charge in [-0.1, -0.05) is 18.6 Å². The van der Waals surface area contributed by atoms with E-state index in [-0.39, 0.29) is 0 Å². The Morgan fingerprint density at radius 3 is 2.69 bits per heavy atom. The molecule has 0 radical (unpaired) electrons. The molecule has 0 N–H and O–H groups in total. The van der Waals surface area contributed by atoms with Gasteiger partial charge in [0, 0.05) is 0 Å². The van der Waals surface area contributed by atoms with Crippen molar-refractivity contribution in [1.29, 1.82) is 5.26 Å². The van der Waals surface area contributed by atoms with E-state index in [2.05, 4.69) is 31.6 Å². The molecule has 0 heterocycles. The molecule has 0 fully saturated rings. The molecule has 74 valence electrons. The van der Waals surface area contributed by atoms with Crippen molar-refractivity contribution in [2.45, 2.75) is 40.0 Å². The largest absolute Gasteiger partial charge is 0.428 e. The third kappa shape index (κ3) is 8.94. The maximum atomic E-state index is 8.15. The van der Waals surface area contributed by atoms with Gasteiger partial charge in [0.15, 0.2) is 0 Å². The van der Waals surface area contributed by atoms with E-state index in [1.807, 2.05) is 0 Å². The zero-order valence-corrected chi connectivity index (χ0v) is 8.84. The van der Waals surface area contributed by atoms with Crippen LogP contribution in [0.3, 0.4) is 0 Å². The molecule has 1 unspecified atom stereocenters. The van der Waals surface area contributed by atoms with Crippen LogP contribution in [-0.2, 0) is 4.74 Å². The number of nitrogens with zero attached hydrogens (tertiary/aromatic N) is 1. The molecule has 1 atom stereocenters. The molecule has 0 amide bonds. The lowest BCUT2D eigenvalue weighted by Crippen LogP contribution is -1.99. The van der Waals surface area contributed by atoms with Gasteiger partial charge in [0.2, 0.25) is 0 Å². The summed E-state index contributed by atoms with van der Waals surface area (Å²) in [6, 6.07) is 0. The molecule has 2 nitrogen and oxygen atoms in total. The first-order valence-corrected chi connectivity index (χ1v) is 4.81. The molecule has 0 aromatic rings. The lowest BCUT2D eigenvalue weighted by Gasteiger charge is -2.07. The fourth-order valence-corrected chi connectivity index (χ4v) is 1.11. The number of ether oxygens (including phenoxy) is 1. The van der Waals surface area contributed by atoms with Gasteiger partial charge in [0.25, 0.3) is 6.26 Å². The van der Waals surface area contributed by atoms with Crippen molar-refractivity contribution in [2.75, 3.05) is 6.61 Å². The van der Waals surface area contributed by atoms with Crippen molar-refractivity contribution < 1.29 is 4.74 Å². The van der Waals surface area contributed by atoms with E-state index in [1.165, 1.54) is 12.0 Å². The van der Waals surface area contributed by atoms with E-state index in [9.17, 15) is 0 Å². The third-order valence-corrected chi connectivity index (χ3v) is 1.99. The Morgan fingerprint density at radius 1 is 1.46 bits per heavy atom. The van der Waals surface area contributed by atoms with E-state index in [0.29, 0.717) is 12.5 Å². The zero-order chi connectivity index (χ0) is 10.1. The highest BCUT2D eigenvalue weighted by Crippen LogP contribution is 2.11. The SMILES string of the molecule is CC(C)=CCCC(C)CCOC#N. The van der Waals surface area contributed by atoms with Crippen LogP contribution in [0.4, 0.5) is 0 Å². The second-order valence-corrected chi connectivity index (χ2v) is 3.69. The van der Waals surface area contributed by atoms with Crippen LogP contribution >= 0.6 is 0 Å². The molecule has 0 rings (SSSR count). The van der Waals surface area contributed by atoms with E-state index < -0.39 is 0 Å².